The first kappa shape index (κ1) is 12.3. The van der Waals surface area contributed by atoms with Gasteiger partial charge in [0.1, 0.15) is 11.6 Å². The molecule has 0 aromatic heterocycles. The molecule has 0 atom stereocenters. The summed E-state index contributed by atoms with van der Waals surface area (Å²) in [5, 5.41) is 9.55. The van der Waals surface area contributed by atoms with Gasteiger partial charge < -0.3 is 9.84 Å². The second kappa shape index (κ2) is 4.37. The molecule has 1 rings (SSSR count). The van der Waals surface area contributed by atoms with Gasteiger partial charge in [0.15, 0.2) is 0 Å². The van der Waals surface area contributed by atoms with Gasteiger partial charge in [-0.25, -0.2) is 4.39 Å². The largest absolute Gasteiger partial charge is 0.495 e. The Morgan fingerprint density at radius 2 is 2.07 bits per heavy atom. The third kappa shape index (κ3) is 2.41. The molecule has 0 saturated heterocycles. The van der Waals surface area contributed by atoms with Gasteiger partial charge in [0.25, 0.3) is 0 Å². The van der Waals surface area contributed by atoms with Gasteiger partial charge in [-0.2, -0.15) is 0 Å². The number of rotatable bonds is 3. The molecule has 0 fully saturated rings. The van der Waals surface area contributed by atoms with Crippen molar-refractivity contribution in [1.29, 1.82) is 0 Å². The zero-order valence-corrected chi connectivity index (χ0v) is 9.73. The van der Waals surface area contributed by atoms with Crippen LogP contribution in [0.3, 0.4) is 0 Å². The third-order valence-electron chi connectivity index (χ3n) is 2.35. The van der Waals surface area contributed by atoms with E-state index in [4.69, 9.17) is 16.3 Å². The molecule has 0 bridgehead atoms. The molecule has 0 aliphatic rings. The zero-order valence-electron chi connectivity index (χ0n) is 8.97. The number of hydrogen-bond donors (Lipinski definition) is 1. The fraction of sp³-hybridized carbons (Fsp3) is 0.455. The van der Waals surface area contributed by atoms with Crippen LogP contribution in [0.5, 0.6) is 5.75 Å². The Kier molecular flexibility index (Phi) is 3.58. The summed E-state index contributed by atoms with van der Waals surface area (Å²) in [6.07, 6.45) is 0. The highest BCUT2D eigenvalue weighted by Crippen LogP contribution is 2.36. The van der Waals surface area contributed by atoms with E-state index in [1.165, 1.54) is 19.2 Å². The summed E-state index contributed by atoms with van der Waals surface area (Å²) < 4.78 is 18.2. The fourth-order valence-electron chi connectivity index (χ4n) is 1.29. The van der Waals surface area contributed by atoms with Crippen LogP contribution in [0.2, 0.25) is 5.02 Å². The van der Waals surface area contributed by atoms with Crippen LogP contribution in [0.15, 0.2) is 12.1 Å². The van der Waals surface area contributed by atoms with Crippen molar-refractivity contribution in [2.24, 2.45) is 0 Å². The van der Waals surface area contributed by atoms with E-state index < -0.39 is 11.2 Å². The average molecular weight is 233 g/mol. The van der Waals surface area contributed by atoms with Gasteiger partial charge in [0, 0.05) is 11.5 Å². The highest BCUT2D eigenvalue weighted by Gasteiger charge is 2.25. The number of halogens is 2. The van der Waals surface area contributed by atoms with Gasteiger partial charge in [-0.15, -0.1) is 0 Å². The van der Waals surface area contributed by atoms with E-state index >= 15 is 0 Å². The van der Waals surface area contributed by atoms with Crippen molar-refractivity contribution >= 4 is 11.6 Å². The molecule has 0 unspecified atom stereocenters. The Balaban J connectivity index is 3.35. The van der Waals surface area contributed by atoms with Gasteiger partial charge in [0.2, 0.25) is 0 Å². The lowest BCUT2D eigenvalue weighted by Crippen LogP contribution is -2.23. The molecule has 1 N–H and O–H groups in total. The normalized spacial score (nSPS) is 11.6. The van der Waals surface area contributed by atoms with Gasteiger partial charge in [-0.05, 0) is 11.6 Å². The molecular weight excluding hydrogens is 219 g/mol. The van der Waals surface area contributed by atoms with Crippen LogP contribution in [0.25, 0.3) is 0 Å². The van der Waals surface area contributed by atoms with E-state index in [2.05, 4.69) is 0 Å². The summed E-state index contributed by atoms with van der Waals surface area (Å²) in [7, 11) is 1.43. The predicted molar refractivity (Wildman–Crippen MR) is 58.1 cm³/mol. The number of aliphatic hydroxyl groups excluding tert-OH is 1. The number of benzene rings is 1. The lowest BCUT2D eigenvalue weighted by molar-refractivity contribution is 0.218. The molecule has 0 amide bonds. The Morgan fingerprint density at radius 3 is 2.53 bits per heavy atom. The Labute approximate surface area is 93.6 Å². The highest BCUT2D eigenvalue weighted by molar-refractivity contribution is 6.33. The Morgan fingerprint density at radius 1 is 1.47 bits per heavy atom. The van der Waals surface area contributed by atoms with Gasteiger partial charge in [-0.3, -0.25) is 0 Å². The highest BCUT2D eigenvalue weighted by atomic mass is 35.5. The number of hydrogen-bond acceptors (Lipinski definition) is 2. The molecule has 4 heteroatoms. The molecule has 0 aliphatic carbocycles. The van der Waals surface area contributed by atoms with Crippen LogP contribution in [-0.4, -0.2) is 18.8 Å². The van der Waals surface area contributed by atoms with Crippen molar-refractivity contribution in [2.75, 3.05) is 13.7 Å². The first-order chi connectivity index (χ1) is 6.92. The van der Waals surface area contributed by atoms with E-state index in [1.54, 1.807) is 13.8 Å². The van der Waals surface area contributed by atoms with Crippen LogP contribution >= 0.6 is 11.6 Å². The van der Waals surface area contributed by atoms with E-state index in [-0.39, 0.29) is 12.4 Å². The molecule has 2 nitrogen and oxygen atoms in total. The lowest BCUT2D eigenvalue weighted by Gasteiger charge is -2.24. The molecule has 0 heterocycles. The zero-order chi connectivity index (χ0) is 11.6. The quantitative estimate of drug-likeness (QED) is 0.869. The summed E-state index contributed by atoms with van der Waals surface area (Å²) in [5.41, 5.74) is -0.0459. The minimum Gasteiger partial charge on any atom is -0.495 e. The molecule has 0 aliphatic heterocycles. The first-order valence-electron chi connectivity index (χ1n) is 4.56. The maximum Gasteiger partial charge on any atom is 0.140 e. The van der Waals surface area contributed by atoms with Crippen LogP contribution in [0.1, 0.15) is 19.4 Å². The molecule has 15 heavy (non-hydrogen) atoms. The molecule has 1 aromatic rings. The Hall–Kier alpha value is -0.800. The standard InChI is InChI=1S/C11H14ClFO2/c1-11(2,6-14)8-4-7(13)5-9(15-3)10(8)12/h4-5,14H,6H2,1-3H3. The van der Waals surface area contributed by atoms with E-state index in [9.17, 15) is 9.50 Å². The minimum atomic E-state index is -0.591. The van der Waals surface area contributed by atoms with Gasteiger partial charge in [-0.1, -0.05) is 25.4 Å². The Bertz CT molecular complexity index is 364. The maximum absolute atomic E-state index is 13.2. The number of aliphatic hydroxyl groups is 1. The van der Waals surface area contributed by atoms with Crippen molar-refractivity contribution < 1.29 is 14.2 Å². The third-order valence-corrected chi connectivity index (χ3v) is 2.74. The number of ether oxygens (including phenoxy) is 1. The smallest absolute Gasteiger partial charge is 0.140 e. The predicted octanol–water partition coefficient (Wildman–Crippen LogP) is 2.76. The fourth-order valence-corrected chi connectivity index (χ4v) is 1.73. The van der Waals surface area contributed by atoms with Crippen LogP contribution in [0, 0.1) is 5.82 Å². The molecule has 0 saturated carbocycles. The van der Waals surface area contributed by atoms with Gasteiger partial charge in [0.05, 0.1) is 18.7 Å². The van der Waals surface area contributed by atoms with Crippen molar-refractivity contribution in [3.05, 3.63) is 28.5 Å². The molecule has 1 aromatic carbocycles. The van der Waals surface area contributed by atoms with Crippen molar-refractivity contribution in [2.45, 2.75) is 19.3 Å². The van der Waals surface area contributed by atoms with E-state index in [0.717, 1.165) is 0 Å². The summed E-state index contributed by atoms with van der Waals surface area (Å²) in [6.45, 7) is 3.46. The van der Waals surface area contributed by atoms with Crippen LogP contribution in [-0.2, 0) is 5.41 Å². The summed E-state index contributed by atoms with van der Waals surface area (Å²) in [5.74, 6) is -0.138. The SMILES string of the molecule is COc1cc(F)cc(C(C)(C)CO)c1Cl. The average Bonchev–Trinajstić information content (AvgIpc) is 2.20. The lowest BCUT2D eigenvalue weighted by atomic mass is 9.85. The van der Waals surface area contributed by atoms with Crippen molar-refractivity contribution in [3.63, 3.8) is 0 Å². The second-order valence-electron chi connectivity index (χ2n) is 4.01. The number of methoxy groups -OCH3 is 1. The topological polar surface area (TPSA) is 29.5 Å². The summed E-state index contributed by atoms with van der Waals surface area (Å²) >= 11 is 6.04. The first-order valence-corrected chi connectivity index (χ1v) is 4.94. The van der Waals surface area contributed by atoms with Gasteiger partial charge >= 0.3 is 0 Å². The maximum atomic E-state index is 13.2. The van der Waals surface area contributed by atoms with Crippen molar-refractivity contribution in [1.82, 2.24) is 0 Å². The van der Waals surface area contributed by atoms with E-state index in [0.29, 0.717) is 10.6 Å². The summed E-state index contributed by atoms with van der Waals surface area (Å²) in [4.78, 5) is 0. The molecule has 0 radical (unpaired) electrons. The molecule has 84 valence electrons. The molecule has 0 spiro atoms. The van der Waals surface area contributed by atoms with Crippen molar-refractivity contribution in [3.8, 4) is 5.75 Å². The van der Waals surface area contributed by atoms with Crippen LogP contribution < -0.4 is 4.74 Å². The summed E-state index contributed by atoms with van der Waals surface area (Å²) in [6, 6.07) is 2.54. The van der Waals surface area contributed by atoms with Crippen LogP contribution in [0.4, 0.5) is 4.39 Å². The molecular formula is C11H14ClFO2. The van der Waals surface area contributed by atoms with E-state index in [1.807, 2.05) is 0 Å². The minimum absolute atomic E-state index is 0.112. The monoisotopic (exact) mass is 232 g/mol. The second-order valence-corrected chi connectivity index (χ2v) is 4.39.